The molecule has 0 bridgehead atoms. The minimum Gasteiger partial charge on any atom is -0.454 e. The second-order valence-corrected chi connectivity index (χ2v) is 11.3. The van der Waals surface area contributed by atoms with Gasteiger partial charge in [0.05, 0.1) is 12.7 Å². The van der Waals surface area contributed by atoms with Crippen LogP contribution >= 0.6 is 0 Å². The standard InChI is InChI=1S/C32H52O5/c1-4-6-8-10-12-14-16-18-25(3)31-27(19-17-15-13-11-9-7-5-2)23-34-32(37-31)30(33)26-20-21-28-29(22-26)36-24-35-28/h20-22,25,27,31-32H,4-19,23-24H2,1-3H3. The number of carbonyl (C=O) groups is 1. The van der Waals surface area contributed by atoms with Crippen LogP contribution in [0.5, 0.6) is 11.5 Å². The summed E-state index contributed by atoms with van der Waals surface area (Å²) in [7, 11) is 0. The Bertz CT molecular complexity index is 778. The van der Waals surface area contributed by atoms with Crippen LogP contribution in [0.4, 0.5) is 0 Å². The fourth-order valence-corrected chi connectivity index (χ4v) is 5.72. The molecule has 0 amide bonds. The first kappa shape index (κ1) is 30.0. The first-order valence-electron chi connectivity index (χ1n) is 15.3. The third kappa shape index (κ3) is 9.90. The highest BCUT2D eigenvalue weighted by molar-refractivity contribution is 5.99. The second-order valence-electron chi connectivity index (χ2n) is 11.3. The van der Waals surface area contributed by atoms with E-state index in [4.69, 9.17) is 18.9 Å². The number of carbonyl (C=O) groups excluding carboxylic acids is 1. The maximum atomic E-state index is 13.3. The van der Waals surface area contributed by atoms with E-state index in [-0.39, 0.29) is 18.7 Å². The van der Waals surface area contributed by atoms with Gasteiger partial charge in [-0.15, -0.1) is 0 Å². The van der Waals surface area contributed by atoms with E-state index in [0.717, 1.165) is 12.8 Å². The molecule has 4 atom stereocenters. The Morgan fingerprint density at radius 1 is 0.838 bits per heavy atom. The number of benzene rings is 1. The third-order valence-electron chi connectivity index (χ3n) is 8.08. The van der Waals surface area contributed by atoms with Gasteiger partial charge in [-0.1, -0.05) is 111 Å². The molecule has 210 valence electrons. The predicted octanol–water partition coefficient (Wildman–Crippen LogP) is 8.87. The average Bonchev–Trinajstić information content (AvgIpc) is 3.39. The Balaban J connectivity index is 1.52. The van der Waals surface area contributed by atoms with Gasteiger partial charge in [-0.05, 0) is 37.0 Å². The van der Waals surface area contributed by atoms with Gasteiger partial charge < -0.3 is 18.9 Å². The fourth-order valence-electron chi connectivity index (χ4n) is 5.72. The van der Waals surface area contributed by atoms with Gasteiger partial charge in [0.15, 0.2) is 11.5 Å². The Labute approximate surface area is 226 Å². The van der Waals surface area contributed by atoms with Crippen molar-refractivity contribution in [2.75, 3.05) is 13.4 Å². The first-order valence-corrected chi connectivity index (χ1v) is 15.3. The summed E-state index contributed by atoms with van der Waals surface area (Å²) in [6.07, 6.45) is 19.9. The highest BCUT2D eigenvalue weighted by Gasteiger charge is 2.38. The quantitative estimate of drug-likeness (QED) is 0.136. The van der Waals surface area contributed by atoms with E-state index in [1.807, 2.05) is 0 Å². The molecular weight excluding hydrogens is 464 g/mol. The molecule has 2 aliphatic rings. The minimum atomic E-state index is -0.841. The number of ketones is 1. The van der Waals surface area contributed by atoms with Crippen molar-refractivity contribution in [3.05, 3.63) is 23.8 Å². The van der Waals surface area contributed by atoms with Gasteiger partial charge in [0, 0.05) is 11.5 Å². The third-order valence-corrected chi connectivity index (χ3v) is 8.08. The van der Waals surface area contributed by atoms with Gasteiger partial charge in [0.1, 0.15) is 0 Å². The number of ether oxygens (including phenoxy) is 4. The van der Waals surface area contributed by atoms with Crippen LogP contribution in [0, 0.1) is 11.8 Å². The van der Waals surface area contributed by atoms with Gasteiger partial charge in [0.25, 0.3) is 0 Å². The van der Waals surface area contributed by atoms with E-state index in [9.17, 15) is 4.79 Å². The van der Waals surface area contributed by atoms with Crippen molar-refractivity contribution in [1.29, 1.82) is 0 Å². The van der Waals surface area contributed by atoms with E-state index in [1.54, 1.807) is 18.2 Å². The Morgan fingerprint density at radius 3 is 2.16 bits per heavy atom. The molecule has 1 aromatic rings. The molecule has 0 N–H and O–H groups in total. The van der Waals surface area contributed by atoms with E-state index in [0.29, 0.717) is 35.5 Å². The number of unbranched alkanes of at least 4 members (excludes halogenated alkanes) is 12. The van der Waals surface area contributed by atoms with Crippen LogP contribution in [-0.2, 0) is 9.47 Å². The molecule has 4 unspecified atom stereocenters. The molecule has 0 radical (unpaired) electrons. The molecule has 37 heavy (non-hydrogen) atoms. The molecule has 1 fully saturated rings. The largest absolute Gasteiger partial charge is 0.454 e. The lowest BCUT2D eigenvalue weighted by Gasteiger charge is -2.39. The van der Waals surface area contributed by atoms with Gasteiger partial charge in [-0.2, -0.15) is 0 Å². The van der Waals surface area contributed by atoms with Crippen molar-refractivity contribution in [2.45, 2.75) is 136 Å². The van der Waals surface area contributed by atoms with Crippen LogP contribution in [0.2, 0.25) is 0 Å². The number of hydrogen-bond acceptors (Lipinski definition) is 5. The Morgan fingerprint density at radius 2 is 1.46 bits per heavy atom. The van der Waals surface area contributed by atoms with Gasteiger partial charge in [-0.25, -0.2) is 0 Å². The van der Waals surface area contributed by atoms with Crippen LogP contribution in [0.1, 0.15) is 134 Å². The zero-order valence-corrected chi connectivity index (χ0v) is 23.8. The zero-order chi connectivity index (χ0) is 26.3. The fraction of sp³-hybridized carbons (Fsp3) is 0.781. The maximum absolute atomic E-state index is 13.3. The maximum Gasteiger partial charge on any atom is 0.231 e. The molecular formula is C32H52O5. The normalized spacial score (nSPS) is 21.8. The number of fused-ring (bicyclic) bond motifs is 1. The summed E-state index contributed by atoms with van der Waals surface area (Å²) in [5, 5.41) is 0. The molecule has 0 spiro atoms. The molecule has 2 aliphatic heterocycles. The van der Waals surface area contributed by atoms with Crippen LogP contribution in [-0.4, -0.2) is 31.6 Å². The Hall–Kier alpha value is -1.59. The average molecular weight is 517 g/mol. The number of hydrogen-bond donors (Lipinski definition) is 0. The first-order chi connectivity index (χ1) is 18.1. The van der Waals surface area contributed by atoms with Gasteiger partial charge in [-0.3, -0.25) is 4.79 Å². The topological polar surface area (TPSA) is 54.0 Å². The highest BCUT2D eigenvalue weighted by Crippen LogP contribution is 2.35. The molecule has 1 aromatic carbocycles. The Kier molecular flexibility index (Phi) is 13.8. The van der Waals surface area contributed by atoms with Gasteiger partial charge >= 0.3 is 0 Å². The summed E-state index contributed by atoms with van der Waals surface area (Å²) in [5.74, 6) is 1.94. The van der Waals surface area contributed by atoms with E-state index < -0.39 is 6.29 Å². The minimum absolute atomic E-state index is 0.0666. The van der Waals surface area contributed by atoms with Crippen LogP contribution in [0.25, 0.3) is 0 Å². The molecule has 0 saturated carbocycles. The summed E-state index contributed by atoms with van der Waals surface area (Å²) < 4.78 is 23.4. The zero-order valence-electron chi connectivity index (χ0n) is 23.8. The molecule has 5 heteroatoms. The summed E-state index contributed by atoms with van der Waals surface area (Å²) >= 11 is 0. The lowest BCUT2D eigenvalue weighted by Crippen LogP contribution is -2.46. The van der Waals surface area contributed by atoms with Gasteiger partial charge in [0.2, 0.25) is 18.9 Å². The van der Waals surface area contributed by atoms with Crippen LogP contribution < -0.4 is 9.47 Å². The molecule has 2 heterocycles. The summed E-state index contributed by atoms with van der Waals surface area (Å²) in [5.41, 5.74) is 0.554. The monoisotopic (exact) mass is 516 g/mol. The van der Waals surface area contributed by atoms with Crippen molar-refractivity contribution in [3.8, 4) is 11.5 Å². The molecule has 0 aliphatic carbocycles. The van der Waals surface area contributed by atoms with E-state index >= 15 is 0 Å². The van der Waals surface area contributed by atoms with E-state index in [1.165, 1.54) is 89.9 Å². The van der Waals surface area contributed by atoms with Crippen LogP contribution in [0.3, 0.4) is 0 Å². The van der Waals surface area contributed by atoms with Crippen molar-refractivity contribution in [3.63, 3.8) is 0 Å². The summed E-state index contributed by atoms with van der Waals surface area (Å²) in [4.78, 5) is 13.3. The van der Waals surface area contributed by atoms with Crippen molar-refractivity contribution in [1.82, 2.24) is 0 Å². The smallest absolute Gasteiger partial charge is 0.231 e. The van der Waals surface area contributed by atoms with Crippen molar-refractivity contribution < 1.29 is 23.7 Å². The van der Waals surface area contributed by atoms with Crippen LogP contribution in [0.15, 0.2) is 18.2 Å². The lowest BCUT2D eigenvalue weighted by molar-refractivity contribution is -0.225. The summed E-state index contributed by atoms with van der Waals surface area (Å²) in [6.45, 7) is 7.64. The number of Topliss-reactive ketones (excluding diaryl/α,β-unsaturated/α-hetero) is 1. The summed E-state index contributed by atoms with van der Waals surface area (Å²) in [6, 6.07) is 5.32. The molecule has 3 rings (SSSR count). The second kappa shape index (κ2) is 17.1. The predicted molar refractivity (Wildman–Crippen MR) is 149 cm³/mol. The molecule has 1 saturated heterocycles. The lowest BCUT2D eigenvalue weighted by atomic mass is 9.84. The van der Waals surface area contributed by atoms with E-state index in [2.05, 4.69) is 20.8 Å². The SMILES string of the molecule is CCCCCCCCCC(C)C1OC(C(=O)c2ccc3c(c2)OCO3)OCC1CCCCCCCCC. The molecule has 0 aromatic heterocycles. The number of rotatable bonds is 19. The highest BCUT2D eigenvalue weighted by atomic mass is 16.7. The van der Waals surface area contributed by atoms with Crippen molar-refractivity contribution >= 4 is 5.78 Å². The molecule has 5 nitrogen and oxygen atoms in total. The van der Waals surface area contributed by atoms with Crippen molar-refractivity contribution in [2.24, 2.45) is 11.8 Å².